The van der Waals surface area contributed by atoms with Gasteiger partial charge in [0.15, 0.2) is 0 Å². The highest BCUT2D eigenvalue weighted by Crippen LogP contribution is 2.28. The Kier molecular flexibility index (Phi) is 4.29. The SMILES string of the molecule is CCSc1n[nH]c(-n2ccc3nc4ncnn4c(-c4cccc(Cl)c4)c3c2=O)n1. The van der Waals surface area contributed by atoms with Gasteiger partial charge in [0, 0.05) is 16.8 Å². The first-order chi connectivity index (χ1) is 14.2. The number of hydrogen-bond acceptors (Lipinski definition) is 7. The summed E-state index contributed by atoms with van der Waals surface area (Å²) in [5.41, 5.74) is 1.50. The van der Waals surface area contributed by atoms with Crippen molar-refractivity contribution >= 4 is 40.0 Å². The van der Waals surface area contributed by atoms with Crippen molar-refractivity contribution in [2.24, 2.45) is 0 Å². The molecule has 29 heavy (non-hydrogen) atoms. The van der Waals surface area contributed by atoms with Crippen LogP contribution < -0.4 is 5.56 Å². The van der Waals surface area contributed by atoms with Gasteiger partial charge in [-0.05, 0) is 24.0 Å². The highest BCUT2D eigenvalue weighted by Gasteiger charge is 2.18. The number of fused-ring (bicyclic) bond motifs is 2. The van der Waals surface area contributed by atoms with E-state index in [4.69, 9.17) is 11.6 Å². The van der Waals surface area contributed by atoms with Crippen molar-refractivity contribution in [2.45, 2.75) is 12.1 Å². The maximum absolute atomic E-state index is 13.5. The van der Waals surface area contributed by atoms with Crippen molar-refractivity contribution in [3.8, 4) is 17.2 Å². The van der Waals surface area contributed by atoms with Crippen LogP contribution in [0.2, 0.25) is 5.02 Å². The van der Waals surface area contributed by atoms with E-state index in [9.17, 15) is 4.79 Å². The second kappa shape index (κ2) is 6.98. The van der Waals surface area contributed by atoms with Crippen molar-refractivity contribution in [3.63, 3.8) is 0 Å². The third kappa shape index (κ3) is 2.97. The van der Waals surface area contributed by atoms with Crippen LogP contribution in [0.3, 0.4) is 0 Å². The molecule has 0 unspecified atom stereocenters. The van der Waals surface area contributed by atoms with Gasteiger partial charge in [-0.25, -0.2) is 10.1 Å². The number of nitrogens with zero attached hydrogens (tertiary/aromatic N) is 7. The number of pyridine rings is 1. The predicted octanol–water partition coefficient (Wildman–Crippen LogP) is 2.98. The minimum Gasteiger partial charge on any atom is -0.268 e. The number of rotatable bonds is 4. The molecule has 4 heterocycles. The molecule has 5 rings (SSSR count). The van der Waals surface area contributed by atoms with Gasteiger partial charge in [-0.15, -0.1) is 5.10 Å². The lowest BCUT2D eigenvalue weighted by molar-refractivity contribution is 0.895. The number of nitrogens with one attached hydrogen (secondary N) is 1. The van der Waals surface area contributed by atoms with Crippen LogP contribution in [0.15, 0.2) is 52.8 Å². The summed E-state index contributed by atoms with van der Waals surface area (Å²) in [6.45, 7) is 2.01. The number of H-pyrrole nitrogens is 1. The van der Waals surface area contributed by atoms with E-state index in [2.05, 4.69) is 30.2 Å². The molecule has 0 bridgehead atoms. The van der Waals surface area contributed by atoms with Crippen molar-refractivity contribution in [2.75, 3.05) is 5.75 Å². The maximum Gasteiger partial charge on any atom is 0.269 e. The van der Waals surface area contributed by atoms with Crippen molar-refractivity contribution in [1.29, 1.82) is 0 Å². The molecule has 0 radical (unpaired) electrons. The Bertz CT molecular complexity index is 1420. The standard InChI is InChI=1S/C18H13ClN8OS/c1-2-29-18-23-17(24-25-18)26-7-6-12-13(15(26)28)14(10-4-3-5-11(19)8-10)27-16(22-12)20-9-21-27/h3-9H,2H2,1H3,(H,23,24,25). The third-order valence-electron chi connectivity index (χ3n) is 4.32. The molecule has 0 fully saturated rings. The number of halogens is 1. The molecule has 0 atom stereocenters. The Morgan fingerprint density at radius 2 is 2.14 bits per heavy atom. The highest BCUT2D eigenvalue weighted by molar-refractivity contribution is 7.99. The average molecular weight is 425 g/mol. The average Bonchev–Trinajstić information content (AvgIpc) is 3.36. The van der Waals surface area contributed by atoms with Crippen LogP contribution in [0.4, 0.5) is 0 Å². The van der Waals surface area contributed by atoms with Crippen LogP contribution in [0.1, 0.15) is 6.92 Å². The van der Waals surface area contributed by atoms with Crippen LogP contribution in [0, 0.1) is 0 Å². The van der Waals surface area contributed by atoms with E-state index in [1.807, 2.05) is 19.1 Å². The van der Waals surface area contributed by atoms with Gasteiger partial charge < -0.3 is 0 Å². The fraction of sp³-hybridized carbons (Fsp3) is 0.111. The van der Waals surface area contributed by atoms with E-state index in [-0.39, 0.29) is 5.56 Å². The zero-order valence-electron chi connectivity index (χ0n) is 15.1. The second-order valence-corrected chi connectivity index (χ2v) is 7.74. The summed E-state index contributed by atoms with van der Waals surface area (Å²) < 4.78 is 2.95. The van der Waals surface area contributed by atoms with Gasteiger partial charge in [-0.1, -0.05) is 42.4 Å². The summed E-state index contributed by atoms with van der Waals surface area (Å²) in [5, 5.41) is 12.7. The molecule has 9 nitrogen and oxygen atoms in total. The highest BCUT2D eigenvalue weighted by atomic mass is 35.5. The number of aromatic nitrogens is 8. The van der Waals surface area contributed by atoms with Crippen LogP contribution in [0.25, 0.3) is 33.9 Å². The van der Waals surface area contributed by atoms with Crippen molar-refractivity contribution < 1.29 is 0 Å². The van der Waals surface area contributed by atoms with Crippen LogP contribution in [-0.4, -0.2) is 45.1 Å². The van der Waals surface area contributed by atoms with Gasteiger partial charge in [-0.3, -0.25) is 9.36 Å². The zero-order chi connectivity index (χ0) is 20.0. The summed E-state index contributed by atoms with van der Waals surface area (Å²) in [6, 6.07) is 8.97. The number of aromatic amines is 1. The third-order valence-corrected chi connectivity index (χ3v) is 5.29. The molecule has 0 amide bonds. The minimum atomic E-state index is -0.299. The Hall–Kier alpha value is -3.24. The van der Waals surface area contributed by atoms with Gasteiger partial charge in [0.2, 0.25) is 11.1 Å². The zero-order valence-corrected chi connectivity index (χ0v) is 16.6. The molecular formula is C18H13ClN8OS. The molecular weight excluding hydrogens is 412 g/mol. The summed E-state index contributed by atoms with van der Waals surface area (Å²) in [6.07, 6.45) is 3.02. The van der Waals surface area contributed by atoms with Gasteiger partial charge in [0.25, 0.3) is 11.3 Å². The fourth-order valence-electron chi connectivity index (χ4n) is 3.13. The first kappa shape index (κ1) is 17.8. The van der Waals surface area contributed by atoms with E-state index in [1.165, 1.54) is 22.7 Å². The van der Waals surface area contributed by atoms with Crippen molar-refractivity contribution in [1.82, 2.24) is 39.3 Å². The first-order valence-electron chi connectivity index (χ1n) is 8.72. The van der Waals surface area contributed by atoms with E-state index >= 15 is 0 Å². The van der Waals surface area contributed by atoms with Gasteiger partial charge in [0.1, 0.15) is 6.33 Å². The molecule has 0 aliphatic rings. The number of hydrogen-bond donors (Lipinski definition) is 1. The predicted molar refractivity (Wildman–Crippen MR) is 111 cm³/mol. The molecule has 11 heteroatoms. The van der Waals surface area contributed by atoms with Crippen LogP contribution in [0.5, 0.6) is 0 Å². The molecule has 1 aromatic carbocycles. The van der Waals surface area contributed by atoms with Gasteiger partial charge >= 0.3 is 0 Å². The minimum absolute atomic E-state index is 0.299. The fourth-order valence-corrected chi connectivity index (χ4v) is 3.84. The molecule has 144 valence electrons. The van der Waals surface area contributed by atoms with E-state index in [0.717, 1.165) is 11.3 Å². The molecule has 5 aromatic rings. The Balaban J connectivity index is 1.84. The number of thioether (sulfide) groups is 1. The monoisotopic (exact) mass is 424 g/mol. The molecule has 0 saturated carbocycles. The van der Waals surface area contributed by atoms with E-state index in [1.54, 1.807) is 28.9 Å². The lowest BCUT2D eigenvalue weighted by atomic mass is 10.1. The largest absolute Gasteiger partial charge is 0.269 e. The lowest BCUT2D eigenvalue weighted by Gasteiger charge is -2.10. The Labute approximate surface area is 172 Å². The van der Waals surface area contributed by atoms with E-state index < -0.39 is 0 Å². The smallest absolute Gasteiger partial charge is 0.268 e. The maximum atomic E-state index is 13.5. The van der Waals surface area contributed by atoms with Gasteiger partial charge in [-0.2, -0.15) is 19.6 Å². The Morgan fingerprint density at radius 1 is 1.24 bits per heavy atom. The summed E-state index contributed by atoms with van der Waals surface area (Å²) >= 11 is 7.69. The van der Waals surface area contributed by atoms with Crippen LogP contribution >= 0.6 is 23.4 Å². The van der Waals surface area contributed by atoms with Crippen LogP contribution in [-0.2, 0) is 0 Å². The summed E-state index contributed by atoms with van der Waals surface area (Å²) in [5.74, 6) is 1.56. The van der Waals surface area contributed by atoms with Gasteiger partial charge in [0.05, 0.1) is 16.6 Å². The first-order valence-corrected chi connectivity index (χ1v) is 10.1. The Morgan fingerprint density at radius 3 is 2.97 bits per heavy atom. The second-order valence-electron chi connectivity index (χ2n) is 6.07. The molecule has 0 spiro atoms. The molecule has 1 N–H and O–H groups in total. The lowest BCUT2D eigenvalue weighted by Crippen LogP contribution is -2.21. The topological polar surface area (TPSA) is 107 Å². The molecule has 0 saturated heterocycles. The molecule has 0 aliphatic heterocycles. The summed E-state index contributed by atoms with van der Waals surface area (Å²) in [7, 11) is 0. The van der Waals surface area contributed by atoms with Crippen molar-refractivity contribution in [3.05, 3.63) is 58.2 Å². The molecule has 0 aliphatic carbocycles. The normalized spacial score (nSPS) is 11.5. The summed E-state index contributed by atoms with van der Waals surface area (Å²) in [4.78, 5) is 26.5. The van der Waals surface area contributed by atoms with E-state index in [0.29, 0.717) is 38.5 Å². The quantitative estimate of drug-likeness (QED) is 0.442. The number of benzene rings is 1. The molecule has 4 aromatic heterocycles.